The molecule has 0 bridgehead atoms. The fraction of sp³-hybridized carbons (Fsp3) is 0.143. The van der Waals surface area contributed by atoms with E-state index in [9.17, 15) is 4.79 Å². The standard InChI is InChI=1S/C7H7NO4/c1-4(8-11)5-2-3-6(12-5)7(9)10/h2-3,11H,1H3,(H,9,10)/b8-4+. The van der Waals surface area contributed by atoms with Gasteiger partial charge in [0.1, 0.15) is 5.71 Å². The summed E-state index contributed by atoms with van der Waals surface area (Å²) in [5.74, 6) is -1.07. The van der Waals surface area contributed by atoms with Gasteiger partial charge in [0.25, 0.3) is 0 Å². The number of hydrogen-bond acceptors (Lipinski definition) is 4. The number of nitrogens with zero attached hydrogens (tertiary/aromatic N) is 1. The van der Waals surface area contributed by atoms with Crippen LogP contribution in [0.4, 0.5) is 0 Å². The lowest BCUT2D eigenvalue weighted by Gasteiger charge is -1.89. The van der Waals surface area contributed by atoms with E-state index in [1.54, 1.807) is 0 Å². The molecule has 0 atom stereocenters. The molecular weight excluding hydrogens is 162 g/mol. The summed E-state index contributed by atoms with van der Waals surface area (Å²) in [6.45, 7) is 1.50. The normalized spacial score (nSPS) is 11.6. The van der Waals surface area contributed by atoms with Gasteiger partial charge < -0.3 is 14.7 Å². The van der Waals surface area contributed by atoms with Crippen LogP contribution < -0.4 is 0 Å². The number of furan rings is 1. The van der Waals surface area contributed by atoms with Crippen molar-refractivity contribution >= 4 is 11.7 Å². The molecular formula is C7H7NO4. The summed E-state index contributed by atoms with van der Waals surface area (Å²) in [6, 6.07) is 2.73. The molecule has 0 spiro atoms. The largest absolute Gasteiger partial charge is 0.475 e. The highest BCUT2D eigenvalue weighted by atomic mass is 16.4. The first kappa shape index (κ1) is 8.32. The third-order valence-electron chi connectivity index (χ3n) is 1.32. The molecule has 0 amide bonds. The third kappa shape index (κ3) is 1.45. The van der Waals surface area contributed by atoms with Crippen LogP contribution in [-0.4, -0.2) is 22.0 Å². The van der Waals surface area contributed by atoms with Crippen molar-refractivity contribution < 1.29 is 19.5 Å². The van der Waals surface area contributed by atoms with Crippen LogP contribution in [0.2, 0.25) is 0 Å². The van der Waals surface area contributed by atoms with Crippen LogP contribution in [0.1, 0.15) is 23.2 Å². The van der Waals surface area contributed by atoms with Crippen molar-refractivity contribution in [1.82, 2.24) is 0 Å². The first-order valence-electron chi connectivity index (χ1n) is 3.17. The fourth-order valence-electron chi connectivity index (χ4n) is 0.697. The van der Waals surface area contributed by atoms with Gasteiger partial charge in [0, 0.05) is 0 Å². The highest BCUT2D eigenvalue weighted by Crippen LogP contribution is 2.08. The Hall–Kier alpha value is -1.78. The Morgan fingerprint density at radius 3 is 2.50 bits per heavy atom. The van der Waals surface area contributed by atoms with Crippen LogP contribution in [0.3, 0.4) is 0 Å². The Morgan fingerprint density at radius 2 is 2.08 bits per heavy atom. The minimum absolute atomic E-state index is 0.173. The zero-order valence-corrected chi connectivity index (χ0v) is 6.31. The smallest absolute Gasteiger partial charge is 0.371 e. The van der Waals surface area contributed by atoms with E-state index in [0.717, 1.165) is 0 Å². The lowest BCUT2D eigenvalue weighted by Crippen LogP contribution is -1.94. The number of carboxylic acids is 1. The summed E-state index contributed by atoms with van der Waals surface area (Å²) < 4.78 is 4.81. The van der Waals surface area contributed by atoms with E-state index in [1.165, 1.54) is 19.1 Å². The molecule has 0 aromatic carbocycles. The predicted molar refractivity (Wildman–Crippen MR) is 39.7 cm³/mol. The predicted octanol–water partition coefficient (Wildman–Crippen LogP) is 1.18. The second-order valence-corrected chi connectivity index (χ2v) is 2.15. The van der Waals surface area contributed by atoms with Crippen LogP contribution in [0.25, 0.3) is 0 Å². The molecule has 0 unspecified atom stereocenters. The van der Waals surface area contributed by atoms with Gasteiger partial charge in [-0.2, -0.15) is 0 Å². The Kier molecular flexibility index (Phi) is 2.14. The summed E-state index contributed by atoms with van der Waals surface area (Å²) in [4.78, 5) is 10.3. The maximum Gasteiger partial charge on any atom is 0.371 e. The van der Waals surface area contributed by atoms with Crippen molar-refractivity contribution in [2.75, 3.05) is 0 Å². The molecule has 1 aromatic rings. The first-order chi connectivity index (χ1) is 5.65. The fourth-order valence-corrected chi connectivity index (χ4v) is 0.697. The van der Waals surface area contributed by atoms with Gasteiger partial charge in [-0.05, 0) is 19.1 Å². The van der Waals surface area contributed by atoms with Gasteiger partial charge in [0.2, 0.25) is 5.76 Å². The molecule has 0 saturated heterocycles. The van der Waals surface area contributed by atoms with E-state index in [4.69, 9.17) is 14.7 Å². The van der Waals surface area contributed by atoms with Crippen molar-refractivity contribution in [2.45, 2.75) is 6.92 Å². The number of hydrogen-bond donors (Lipinski definition) is 2. The van der Waals surface area contributed by atoms with Crippen LogP contribution >= 0.6 is 0 Å². The van der Waals surface area contributed by atoms with E-state index < -0.39 is 5.97 Å². The Morgan fingerprint density at radius 1 is 1.50 bits per heavy atom. The van der Waals surface area contributed by atoms with E-state index in [2.05, 4.69) is 5.16 Å². The van der Waals surface area contributed by atoms with Crippen LogP contribution in [0.15, 0.2) is 21.7 Å². The monoisotopic (exact) mass is 169 g/mol. The average Bonchev–Trinajstić information content (AvgIpc) is 2.51. The number of carbonyl (C=O) groups is 1. The first-order valence-corrected chi connectivity index (χ1v) is 3.17. The van der Waals surface area contributed by atoms with Crippen molar-refractivity contribution in [3.8, 4) is 0 Å². The van der Waals surface area contributed by atoms with Gasteiger partial charge in [-0.1, -0.05) is 5.16 Å². The van der Waals surface area contributed by atoms with Crippen molar-refractivity contribution in [3.63, 3.8) is 0 Å². The SMILES string of the molecule is C/C(=N\O)c1ccc(C(=O)O)o1. The van der Waals surface area contributed by atoms with Crippen molar-refractivity contribution in [1.29, 1.82) is 0 Å². The summed E-state index contributed by atoms with van der Waals surface area (Å²) in [5.41, 5.74) is 0.238. The average molecular weight is 169 g/mol. The van der Waals surface area contributed by atoms with E-state index >= 15 is 0 Å². The van der Waals surface area contributed by atoms with Gasteiger partial charge in [-0.3, -0.25) is 0 Å². The molecule has 0 radical (unpaired) electrons. The summed E-state index contributed by atoms with van der Waals surface area (Å²) in [6.07, 6.45) is 0. The molecule has 0 aliphatic heterocycles. The second-order valence-electron chi connectivity index (χ2n) is 2.15. The summed E-state index contributed by atoms with van der Waals surface area (Å²) in [5, 5.41) is 19.6. The summed E-state index contributed by atoms with van der Waals surface area (Å²) in [7, 11) is 0. The third-order valence-corrected chi connectivity index (χ3v) is 1.32. The van der Waals surface area contributed by atoms with Gasteiger partial charge >= 0.3 is 5.97 Å². The number of oxime groups is 1. The molecule has 2 N–H and O–H groups in total. The molecule has 64 valence electrons. The molecule has 0 fully saturated rings. The Labute approximate surface area is 67.9 Å². The van der Waals surface area contributed by atoms with Crippen molar-refractivity contribution in [3.05, 3.63) is 23.7 Å². The quantitative estimate of drug-likeness (QED) is 0.395. The molecule has 12 heavy (non-hydrogen) atoms. The zero-order chi connectivity index (χ0) is 9.14. The molecule has 5 nitrogen and oxygen atoms in total. The number of carboxylic acid groups (broad SMARTS) is 1. The second kappa shape index (κ2) is 3.08. The van der Waals surface area contributed by atoms with Gasteiger partial charge in [-0.25, -0.2) is 4.79 Å². The Bertz CT molecular complexity index is 326. The molecule has 0 aliphatic rings. The van der Waals surface area contributed by atoms with E-state index in [0.29, 0.717) is 0 Å². The topological polar surface area (TPSA) is 83.0 Å². The molecule has 1 heterocycles. The van der Waals surface area contributed by atoms with E-state index in [-0.39, 0.29) is 17.2 Å². The summed E-state index contributed by atoms with van der Waals surface area (Å²) >= 11 is 0. The van der Waals surface area contributed by atoms with E-state index in [1.807, 2.05) is 0 Å². The molecule has 5 heteroatoms. The van der Waals surface area contributed by atoms with Crippen LogP contribution in [-0.2, 0) is 0 Å². The highest BCUT2D eigenvalue weighted by Gasteiger charge is 2.10. The maximum atomic E-state index is 10.3. The van der Waals surface area contributed by atoms with Crippen LogP contribution in [0, 0.1) is 0 Å². The minimum Gasteiger partial charge on any atom is -0.475 e. The lowest BCUT2D eigenvalue weighted by atomic mass is 10.3. The van der Waals surface area contributed by atoms with Gasteiger partial charge in [0.05, 0.1) is 0 Å². The molecule has 0 saturated carbocycles. The number of aromatic carboxylic acids is 1. The number of rotatable bonds is 2. The lowest BCUT2D eigenvalue weighted by molar-refractivity contribution is 0.0662. The zero-order valence-electron chi connectivity index (χ0n) is 6.31. The van der Waals surface area contributed by atoms with Gasteiger partial charge in [0.15, 0.2) is 5.76 Å². The van der Waals surface area contributed by atoms with Crippen LogP contribution in [0.5, 0.6) is 0 Å². The Balaban J connectivity index is 2.99. The van der Waals surface area contributed by atoms with Gasteiger partial charge in [-0.15, -0.1) is 0 Å². The molecule has 0 aliphatic carbocycles. The maximum absolute atomic E-state index is 10.3. The molecule has 1 rings (SSSR count). The molecule has 1 aromatic heterocycles. The highest BCUT2D eigenvalue weighted by molar-refractivity contribution is 5.96. The van der Waals surface area contributed by atoms with Crippen molar-refractivity contribution in [2.24, 2.45) is 5.16 Å². The minimum atomic E-state index is -1.15.